The molecule has 0 bridgehead atoms. The fourth-order valence-corrected chi connectivity index (χ4v) is 3.48. The number of rotatable bonds is 4. The van der Waals surface area contributed by atoms with Gasteiger partial charge < -0.3 is 10.6 Å². The highest BCUT2D eigenvalue weighted by atomic mass is 35.5. The van der Waals surface area contributed by atoms with Crippen molar-refractivity contribution in [1.82, 2.24) is 10.3 Å². The minimum absolute atomic E-state index is 0.157. The zero-order valence-corrected chi connectivity index (χ0v) is 16.5. The average Bonchev–Trinajstić information content (AvgIpc) is 2.69. The van der Waals surface area contributed by atoms with Crippen LogP contribution in [0.4, 0.5) is 5.69 Å². The standard InChI is InChI=1S/C22H21ClN4O/c1-14-5-3-4-6-18(14)19-9-10-21-25-17(12-22(28)27(21)26-19)13-24-20-11-16(23)8-7-15(20)2/h3-8,10-12,24-25H,9,13H2,1-2H3. The quantitative estimate of drug-likeness (QED) is 0.814. The summed E-state index contributed by atoms with van der Waals surface area (Å²) >= 11 is 6.07. The molecule has 0 saturated carbocycles. The summed E-state index contributed by atoms with van der Waals surface area (Å²) in [7, 11) is 0. The third kappa shape index (κ3) is 3.66. The van der Waals surface area contributed by atoms with Crippen molar-refractivity contribution in [1.29, 1.82) is 0 Å². The van der Waals surface area contributed by atoms with Crippen LogP contribution in [0.3, 0.4) is 0 Å². The molecule has 0 aromatic heterocycles. The molecular weight excluding hydrogens is 372 g/mol. The Hall–Kier alpha value is -3.05. The van der Waals surface area contributed by atoms with E-state index in [2.05, 4.69) is 28.7 Å². The lowest BCUT2D eigenvalue weighted by Gasteiger charge is -2.30. The van der Waals surface area contributed by atoms with Gasteiger partial charge in [-0.1, -0.05) is 41.9 Å². The second-order valence-electron chi connectivity index (χ2n) is 6.91. The lowest BCUT2D eigenvalue weighted by Crippen LogP contribution is -2.40. The van der Waals surface area contributed by atoms with Crippen molar-refractivity contribution in [3.05, 3.63) is 87.8 Å². The predicted molar refractivity (Wildman–Crippen MR) is 113 cm³/mol. The zero-order valence-electron chi connectivity index (χ0n) is 15.8. The number of anilines is 1. The number of nitrogens with one attached hydrogen (secondary N) is 2. The summed E-state index contributed by atoms with van der Waals surface area (Å²) in [6, 6.07) is 13.8. The molecule has 2 aliphatic heterocycles. The minimum Gasteiger partial charge on any atom is -0.379 e. The largest absolute Gasteiger partial charge is 0.379 e. The van der Waals surface area contributed by atoms with Crippen LogP contribution in [-0.4, -0.2) is 23.2 Å². The van der Waals surface area contributed by atoms with E-state index in [0.29, 0.717) is 23.8 Å². The van der Waals surface area contributed by atoms with E-state index in [4.69, 9.17) is 11.6 Å². The number of hydrogen-bond acceptors (Lipinski definition) is 4. The van der Waals surface area contributed by atoms with Crippen LogP contribution in [0.25, 0.3) is 0 Å². The number of hydrazone groups is 1. The topological polar surface area (TPSA) is 56.7 Å². The van der Waals surface area contributed by atoms with Crippen molar-refractivity contribution in [3.63, 3.8) is 0 Å². The maximum atomic E-state index is 12.6. The van der Waals surface area contributed by atoms with Crippen molar-refractivity contribution in [2.45, 2.75) is 20.3 Å². The molecule has 2 aromatic rings. The second-order valence-corrected chi connectivity index (χ2v) is 7.35. The van der Waals surface area contributed by atoms with Crippen LogP contribution in [0, 0.1) is 13.8 Å². The molecule has 28 heavy (non-hydrogen) atoms. The van der Waals surface area contributed by atoms with Crippen LogP contribution in [0.2, 0.25) is 5.02 Å². The first-order valence-corrected chi connectivity index (χ1v) is 9.54. The number of hydrogen-bond donors (Lipinski definition) is 2. The van der Waals surface area contributed by atoms with Gasteiger partial charge in [-0.05, 0) is 43.2 Å². The molecule has 0 fully saturated rings. The first kappa shape index (κ1) is 18.3. The van der Waals surface area contributed by atoms with Crippen molar-refractivity contribution >= 4 is 28.9 Å². The first-order valence-electron chi connectivity index (χ1n) is 9.16. The minimum atomic E-state index is -0.157. The Morgan fingerprint density at radius 2 is 2.00 bits per heavy atom. The lowest BCUT2D eigenvalue weighted by molar-refractivity contribution is -0.125. The third-order valence-electron chi connectivity index (χ3n) is 4.86. The molecule has 0 saturated heterocycles. The fraction of sp³-hybridized carbons (Fsp3) is 0.182. The van der Waals surface area contributed by atoms with E-state index < -0.39 is 0 Å². The lowest BCUT2D eigenvalue weighted by atomic mass is 10.0. The van der Waals surface area contributed by atoms with Gasteiger partial charge >= 0.3 is 0 Å². The monoisotopic (exact) mass is 392 g/mol. The summed E-state index contributed by atoms with van der Waals surface area (Å²) < 4.78 is 0. The van der Waals surface area contributed by atoms with Gasteiger partial charge in [0.2, 0.25) is 0 Å². The smallest absolute Gasteiger partial charge is 0.274 e. The Morgan fingerprint density at radius 1 is 1.18 bits per heavy atom. The molecule has 142 valence electrons. The van der Waals surface area contributed by atoms with Crippen molar-refractivity contribution in [3.8, 4) is 0 Å². The zero-order chi connectivity index (χ0) is 19.7. The number of allylic oxidation sites excluding steroid dienone is 1. The van der Waals surface area contributed by atoms with E-state index in [-0.39, 0.29) is 5.91 Å². The maximum absolute atomic E-state index is 12.6. The molecule has 5 nitrogen and oxygen atoms in total. The number of amides is 1. The molecule has 0 radical (unpaired) electrons. The number of aryl methyl sites for hydroxylation is 2. The Morgan fingerprint density at radius 3 is 2.82 bits per heavy atom. The van der Waals surface area contributed by atoms with Crippen LogP contribution >= 0.6 is 11.6 Å². The molecule has 0 atom stereocenters. The highest BCUT2D eigenvalue weighted by Crippen LogP contribution is 2.23. The predicted octanol–water partition coefficient (Wildman–Crippen LogP) is 4.33. The van der Waals surface area contributed by atoms with E-state index in [1.165, 1.54) is 5.01 Å². The number of halogens is 1. The van der Waals surface area contributed by atoms with Gasteiger partial charge in [-0.15, -0.1) is 0 Å². The van der Waals surface area contributed by atoms with Gasteiger partial charge in [-0.2, -0.15) is 10.1 Å². The van der Waals surface area contributed by atoms with Crippen LogP contribution in [0.5, 0.6) is 0 Å². The Balaban J connectivity index is 1.51. The molecule has 2 aliphatic rings. The molecule has 4 rings (SSSR count). The first-order chi connectivity index (χ1) is 13.5. The van der Waals surface area contributed by atoms with E-state index >= 15 is 0 Å². The van der Waals surface area contributed by atoms with E-state index in [0.717, 1.165) is 33.8 Å². The van der Waals surface area contributed by atoms with Crippen LogP contribution in [0.1, 0.15) is 23.1 Å². The Kier molecular flexibility index (Phi) is 4.92. The molecule has 2 N–H and O–H groups in total. The van der Waals surface area contributed by atoms with Gasteiger partial charge in [0, 0.05) is 34.5 Å². The third-order valence-corrected chi connectivity index (χ3v) is 5.09. The van der Waals surface area contributed by atoms with Gasteiger partial charge in [-0.3, -0.25) is 4.79 Å². The summed E-state index contributed by atoms with van der Waals surface area (Å²) in [5, 5.41) is 13.3. The highest BCUT2D eigenvalue weighted by Gasteiger charge is 2.26. The van der Waals surface area contributed by atoms with Crippen molar-refractivity contribution < 1.29 is 4.79 Å². The van der Waals surface area contributed by atoms with E-state index in [9.17, 15) is 4.79 Å². The summed E-state index contributed by atoms with van der Waals surface area (Å²) in [6.45, 7) is 4.56. The molecule has 0 unspecified atom stereocenters. The van der Waals surface area contributed by atoms with Crippen molar-refractivity contribution in [2.24, 2.45) is 5.10 Å². The summed E-state index contributed by atoms with van der Waals surface area (Å²) in [5.74, 6) is 0.542. The highest BCUT2D eigenvalue weighted by molar-refractivity contribution is 6.30. The molecule has 0 aliphatic carbocycles. The number of nitrogens with zero attached hydrogens (tertiary/aromatic N) is 2. The van der Waals surface area contributed by atoms with E-state index in [1.807, 2.05) is 49.4 Å². The van der Waals surface area contributed by atoms with Crippen molar-refractivity contribution in [2.75, 3.05) is 11.9 Å². The molecule has 0 spiro atoms. The molecule has 6 heteroatoms. The second kappa shape index (κ2) is 7.52. The number of carbonyl (C=O) groups is 1. The number of carbonyl (C=O) groups excluding carboxylic acids is 1. The van der Waals surface area contributed by atoms with E-state index in [1.54, 1.807) is 6.08 Å². The molecule has 1 amide bonds. The Labute approximate surface area is 169 Å². The average molecular weight is 393 g/mol. The summed E-state index contributed by atoms with van der Waals surface area (Å²) in [4.78, 5) is 12.6. The van der Waals surface area contributed by atoms with Crippen LogP contribution in [0.15, 0.2) is 71.2 Å². The summed E-state index contributed by atoms with van der Waals surface area (Å²) in [6.07, 6.45) is 4.25. The van der Waals surface area contributed by atoms with Gasteiger partial charge in [0.1, 0.15) is 5.82 Å². The number of fused-ring (bicyclic) bond motifs is 1. The molecule has 2 heterocycles. The molecular formula is C22H21ClN4O. The van der Waals surface area contributed by atoms with Crippen LogP contribution < -0.4 is 10.6 Å². The Bertz CT molecular complexity index is 1040. The van der Waals surface area contributed by atoms with Gasteiger partial charge in [0.05, 0.1) is 12.3 Å². The SMILES string of the molecule is Cc1ccc(Cl)cc1NCC1=CC(=O)N2N=C(c3ccccc3C)CC=C2N1. The normalized spacial score (nSPS) is 15.9. The van der Waals surface area contributed by atoms with Gasteiger partial charge in [0.25, 0.3) is 5.91 Å². The van der Waals surface area contributed by atoms with Gasteiger partial charge in [0.15, 0.2) is 0 Å². The fourth-order valence-electron chi connectivity index (χ4n) is 3.31. The van der Waals surface area contributed by atoms with Crippen LogP contribution in [-0.2, 0) is 4.79 Å². The summed E-state index contributed by atoms with van der Waals surface area (Å²) in [5.41, 5.74) is 5.94. The maximum Gasteiger partial charge on any atom is 0.274 e. The molecule has 2 aromatic carbocycles. The number of benzene rings is 2. The van der Waals surface area contributed by atoms with Gasteiger partial charge in [-0.25, -0.2) is 0 Å².